The summed E-state index contributed by atoms with van der Waals surface area (Å²) in [6, 6.07) is 1.50. The molecule has 0 saturated carbocycles. The van der Waals surface area contributed by atoms with E-state index in [0.717, 1.165) is 6.26 Å². The number of nitrogens with zero attached hydrogens (tertiary/aromatic N) is 1. The number of nitrogen functional groups attached to an aromatic ring is 1. The van der Waals surface area contributed by atoms with Crippen LogP contribution in [0.5, 0.6) is 0 Å². The van der Waals surface area contributed by atoms with E-state index in [1.165, 1.54) is 6.07 Å². The smallest absolute Gasteiger partial charge is 0.153 e. The lowest BCUT2D eigenvalue weighted by molar-refractivity contribution is 0.600. The molecule has 0 saturated heterocycles. The van der Waals surface area contributed by atoms with Crippen LogP contribution in [0.25, 0.3) is 0 Å². The van der Waals surface area contributed by atoms with Crippen molar-refractivity contribution in [3.8, 4) is 0 Å². The molecule has 1 aromatic heterocycles. The number of rotatable bonds is 2. The van der Waals surface area contributed by atoms with E-state index in [0.29, 0.717) is 11.5 Å². The van der Waals surface area contributed by atoms with E-state index >= 15 is 0 Å². The molecule has 0 aliphatic carbocycles. The van der Waals surface area contributed by atoms with Gasteiger partial charge in [0.25, 0.3) is 0 Å². The zero-order valence-electron chi connectivity index (χ0n) is 6.03. The first-order valence-corrected chi connectivity index (χ1v) is 5.01. The maximum Gasteiger partial charge on any atom is 0.153 e. The number of hydrogen-bond donors (Lipinski definition) is 2. The van der Waals surface area contributed by atoms with E-state index < -0.39 is 9.84 Å². The fourth-order valence-electron chi connectivity index (χ4n) is 0.736. The van der Waals surface area contributed by atoms with Crippen LogP contribution in [0.3, 0.4) is 0 Å². The third kappa shape index (κ3) is 2.58. The summed E-state index contributed by atoms with van der Waals surface area (Å²) < 4.78 is 21.4. The summed E-state index contributed by atoms with van der Waals surface area (Å²) in [5.74, 6) is 0.264. The van der Waals surface area contributed by atoms with Gasteiger partial charge in [-0.15, -0.1) is 0 Å². The van der Waals surface area contributed by atoms with Gasteiger partial charge in [0, 0.05) is 12.3 Å². The van der Waals surface area contributed by atoms with Crippen LogP contribution in [0.15, 0.2) is 6.07 Å². The van der Waals surface area contributed by atoms with Crippen LogP contribution < -0.4 is 5.73 Å². The quantitative estimate of drug-likeness (QED) is 0.636. The van der Waals surface area contributed by atoms with Gasteiger partial charge >= 0.3 is 0 Å². The number of nitrogens with one attached hydrogen (secondary N) is 1. The Bertz CT molecular complexity index is 340. The second-order valence-electron chi connectivity index (χ2n) is 2.39. The molecule has 1 heterocycles. The van der Waals surface area contributed by atoms with Crippen LogP contribution in [0.1, 0.15) is 5.69 Å². The van der Waals surface area contributed by atoms with Crippen LogP contribution >= 0.6 is 0 Å². The first-order valence-electron chi connectivity index (χ1n) is 2.95. The van der Waals surface area contributed by atoms with Gasteiger partial charge in [0.05, 0.1) is 11.4 Å². The average Bonchev–Trinajstić information content (AvgIpc) is 2.10. The maximum absolute atomic E-state index is 10.7. The van der Waals surface area contributed by atoms with Gasteiger partial charge in [0.1, 0.15) is 5.82 Å². The van der Waals surface area contributed by atoms with Gasteiger partial charge in [-0.2, -0.15) is 5.10 Å². The number of H-pyrrole nitrogens is 1. The SMILES string of the molecule is CS(=O)(=O)Cc1cc(N)n[nH]1. The van der Waals surface area contributed by atoms with Crippen LogP contribution in [0.4, 0.5) is 5.82 Å². The van der Waals surface area contributed by atoms with Gasteiger partial charge in [-0.25, -0.2) is 8.42 Å². The van der Waals surface area contributed by atoms with E-state index in [1.54, 1.807) is 0 Å². The van der Waals surface area contributed by atoms with Crippen molar-refractivity contribution in [2.45, 2.75) is 5.75 Å². The molecule has 6 heteroatoms. The molecule has 1 aromatic rings. The summed E-state index contributed by atoms with van der Waals surface area (Å²) in [4.78, 5) is 0. The number of nitrogens with two attached hydrogens (primary N) is 1. The molecule has 0 radical (unpaired) electrons. The highest BCUT2D eigenvalue weighted by atomic mass is 32.2. The Kier molecular flexibility index (Phi) is 1.86. The van der Waals surface area contributed by atoms with Crippen LogP contribution in [-0.2, 0) is 15.6 Å². The molecular formula is C5H9N3O2S. The molecule has 62 valence electrons. The molecule has 3 N–H and O–H groups in total. The molecule has 11 heavy (non-hydrogen) atoms. The third-order valence-electron chi connectivity index (χ3n) is 1.07. The first kappa shape index (κ1) is 8.06. The van der Waals surface area contributed by atoms with Gasteiger partial charge in [-0.3, -0.25) is 5.10 Å². The Morgan fingerprint density at radius 2 is 2.36 bits per heavy atom. The van der Waals surface area contributed by atoms with Crippen LogP contribution in [0, 0.1) is 0 Å². The highest BCUT2D eigenvalue weighted by molar-refractivity contribution is 7.89. The Morgan fingerprint density at radius 3 is 2.73 bits per heavy atom. The summed E-state index contributed by atoms with van der Waals surface area (Å²) >= 11 is 0. The minimum Gasteiger partial charge on any atom is -0.382 e. The van der Waals surface area contributed by atoms with E-state index in [-0.39, 0.29) is 5.75 Å². The Morgan fingerprint density at radius 1 is 1.73 bits per heavy atom. The predicted molar refractivity (Wildman–Crippen MR) is 41.5 cm³/mol. The van der Waals surface area contributed by atoms with Crippen molar-refractivity contribution in [2.75, 3.05) is 12.0 Å². The molecule has 0 atom stereocenters. The summed E-state index contributed by atoms with van der Waals surface area (Å²) in [6.07, 6.45) is 1.16. The highest BCUT2D eigenvalue weighted by Crippen LogP contribution is 2.03. The third-order valence-corrected chi connectivity index (χ3v) is 1.90. The Hall–Kier alpha value is -1.04. The normalized spacial score (nSPS) is 11.7. The van der Waals surface area contributed by atoms with Crippen molar-refractivity contribution in [1.29, 1.82) is 0 Å². The fourth-order valence-corrected chi connectivity index (χ4v) is 1.45. The summed E-state index contributed by atoms with van der Waals surface area (Å²) in [5, 5.41) is 6.10. The van der Waals surface area contributed by atoms with Gasteiger partial charge in [0.2, 0.25) is 0 Å². The maximum atomic E-state index is 10.7. The topological polar surface area (TPSA) is 88.8 Å². The molecular weight excluding hydrogens is 166 g/mol. The summed E-state index contributed by atoms with van der Waals surface area (Å²) in [6.45, 7) is 0. The van der Waals surface area contributed by atoms with Crippen LogP contribution in [0.2, 0.25) is 0 Å². The number of anilines is 1. The van der Waals surface area contributed by atoms with Gasteiger partial charge in [-0.1, -0.05) is 0 Å². The lowest BCUT2D eigenvalue weighted by Gasteiger charge is -1.91. The molecule has 0 aliphatic heterocycles. The molecule has 0 amide bonds. The molecule has 0 bridgehead atoms. The molecule has 0 unspecified atom stereocenters. The van der Waals surface area contributed by atoms with E-state index in [9.17, 15) is 8.42 Å². The zero-order valence-corrected chi connectivity index (χ0v) is 6.85. The lowest BCUT2D eigenvalue weighted by Crippen LogP contribution is -2.00. The summed E-state index contributed by atoms with van der Waals surface area (Å²) in [7, 11) is -2.99. The fraction of sp³-hybridized carbons (Fsp3) is 0.400. The number of aromatic amines is 1. The Balaban J connectivity index is 2.81. The standard InChI is InChI=1S/C5H9N3O2S/c1-11(9,10)3-4-2-5(6)8-7-4/h2H,3H2,1H3,(H3,6,7,8). The van der Waals surface area contributed by atoms with Gasteiger partial charge in [0.15, 0.2) is 9.84 Å². The predicted octanol–water partition coefficient (Wildman–Crippen LogP) is -0.464. The zero-order chi connectivity index (χ0) is 8.48. The lowest BCUT2D eigenvalue weighted by atomic mass is 10.5. The largest absolute Gasteiger partial charge is 0.382 e. The molecule has 0 aromatic carbocycles. The van der Waals surface area contributed by atoms with Crippen molar-refractivity contribution in [3.05, 3.63) is 11.8 Å². The van der Waals surface area contributed by atoms with Gasteiger partial charge in [-0.05, 0) is 0 Å². The van der Waals surface area contributed by atoms with Crippen molar-refractivity contribution < 1.29 is 8.42 Å². The minimum atomic E-state index is -2.99. The van der Waals surface area contributed by atoms with Crippen molar-refractivity contribution >= 4 is 15.7 Å². The minimum absolute atomic E-state index is 0.0444. The second-order valence-corrected chi connectivity index (χ2v) is 4.53. The van der Waals surface area contributed by atoms with Crippen LogP contribution in [-0.4, -0.2) is 24.9 Å². The number of hydrogen-bond acceptors (Lipinski definition) is 4. The van der Waals surface area contributed by atoms with E-state index in [4.69, 9.17) is 5.73 Å². The molecule has 5 nitrogen and oxygen atoms in total. The first-order chi connectivity index (χ1) is 4.97. The second kappa shape index (κ2) is 2.54. The monoisotopic (exact) mass is 175 g/mol. The molecule has 0 fully saturated rings. The van der Waals surface area contributed by atoms with Crippen molar-refractivity contribution in [1.82, 2.24) is 10.2 Å². The Labute approximate surface area is 64.5 Å². The average molecular weight is 175 g/mol. The van der Waals surface area contributed by atoms with E-state index in [2.05, 4.69) is 10.2 Å². The molecule has 0 aliphatic rings. The van der Waals surface area contributed by atoms with Crippen molar-refractivity contribution in [2.24, 2.45) is 0 Å². The van der Waals surface area contributed by atoms with Crippen molar-refractivity contribution in [3.63, 3.8) is 0 Å². The van der Waals surface area contributed by atoms with E-state index in [1.807, 2.05) is 0 Å². The summed E-state index contributed by atoms with van der Waals surface area (Å²) in [5.41, 5.74) is 5.78. The van der Waals surface area contributed by atoms with Gasteiger partial charge < -0.3 is 5.73 Å². The molecule has 0 spiro atoms. The number of sulfone groups is 1. The molecule has 1 rings (SSSR count). The highest BCUT2D eigenvalue weighted by Gasteiger charge is 2.05. The number of aromatic nitrogens is 2.